The molecule has 0 N–H and O–H groups in total. The smallest absolute Gasteiger partial charge is 0.366 e. The zero-order chi connectivity index (χ0) is 77.0. The third-order valence-corrected chi connectivity index (χ3v) is 34.7. The first kappa shape index (κ1) is 88.3. The molecule has 0 spiro atoms. The van der Waals surface area contributed by atoms with Gasteiger partial charge in [0.25, 0.3) is 0 Å². The molecular weight excluding hydrogens is 2220 g/mol. The fraction of sp³-hybridized carbons (Fsp3) is 0.0459. The zero-order valence-corrected chi connectivity index (χ0v) is 76.6. The molecule has 578 valence electrons. The molecule has 0 unspecified atom stereocenters. The van der Waals surface area contributed by atoms with E-state index < -0.39 is 42.5 Å². The van der Waals surface area contributed by atoms with Crippen LogP contribution in [0.1, 0.15) is 66.8 Å². The SMILES string of the molecule is [Au+].[Au+].[Au+].[Au+].[C-]#Cc1ccc2c(c1)C(c1ccccc1)(c1ccccc1)c1cc(C#[C-])ccc1-2.[C-]#Cc1ccc2c(c1)C(c1ccccc1)(c1ccccc1)c1cc(C#[C-])ccc1-2.c1ccc([PH+](CC[PH+](c2ccccc2)c2ccccc2)c2ccccc2)cc1.c1ccc([PH+](C[PH+](c2ccccc2)c2ccccc2)c2ccccc2)cc1. The van der Waals surface area contributed by atoms with Gasteiger partial charge in [-0.15, -0.1) is 70.8 Å². The Morgan fingerprint density at radius 1 is 0.188 bits per heavy atom. The van der Waals surface area contributed by atoms with E-state index in [1.165, 1.54) is 60.7 Å². The summed E-state index contributed by atoms with van der Waals surface area (Å²) in [7, 11) is -3.26. The number of rotatable bonds is 17. The molecule has 16 aromatic carbocycles. The zero-order valence-electron chi connectivity index (χ0n) is 63.9. The second-order valence-electron chi connectivity index (χ2n) is 28.0. The molecule has 117 heavy (non-hydrogen) atoms. The molecule has 0 aliphatic heterocycles. The van der Waals surface area contributed by atoms with Gasteiger partial charge in [0.1, 0.15) is 49.4 Å². The van der Waals surface area contributed by atoms with Crippen molar-refractivity contribution in [1.29, 1.82) is 0 Å². The molecule has 0 amide bonds. The molecule has 0 fully saturated rings. The minimum Gasteiger partial charge on any atom is -0.366 e. The Hall–Kier alpha value is -9.56. The van der Waals surface area contributed by atoms with Crippen LogP contribution in [0.5, 0.6) is 0 Å². The second kappa shape index (κ2) is 43.2. The molecule has 8 heteroatoms. The molecule has 0 bridgehead atoms. The average molecular weight is 2300 g/mol. The quantitative estimate of drug-likeness (QED) is 0.0369. The van der Waals surface area contributed by atoms with Gasteiger partial charge in [0, 0.05) is 0 Å². The monoisotopic (exact) mass is 2300 g/mol. The minimum absolute atomic E-state index is 0. The molecule has 0 aromatic heterocycles. The summed E-state index contributed by atoms with van der Waals surface area (Å²) in [5.74, 6) is 11.5. The van der Waals surface area contributed by atoms with Crippen molar-refractivity contribution >= 4 is 74.1 Å². The van der Waals surface area contributed by atoms with Crippen LogP contribution in [0.3, 0.4) is 0 Å². The van der Waals surface area contributed by atoms with E-state index in [4.69, 9.17) is 25.7 Å². The average Bonchev–Trinajstić information content (AvgIpc) is 1.55. The van der Waals surface area contributed by atoms with Crippen LogP contribution < -0.4 is 42.4 Å². The molecule has 16 aromatic rings. The van der Waals surface area contributed by atoms with E-state index in [1.54, 1.807) is 0 Å². The van der Waals surface area contributed by atoms with Crippen LogP contribution >= 0.6 is 31.7 Å². The summed E-state index contributed by atoms with van der Waals surface area (Å²) < 4.78 is 0. The Labute approximate surface area is 760 Å². The molecule has 2 aliphatic rings. The molecule has 0 saturated carbocycles. The van der Waals surface area contributed by atoms with Crippen LogP contribution in [0.15, 0.2) is 437 Å². The van der Waals surface area contributed by atoms with Gasteiger partial charge in [-0.25, -0.2) is 0 Å². The maximum Gasteiger partial charge on any atom is 1.00 e. The molecular formula is C109H82Au4P4+4. The standard InChI is InChI=1S/2C29H16.C26H24P2.C25H22P2.4Au/c2*1-3-21-15-17-25-26-18-16-22(4-2)20-28(26)29(27(25)19-21,23-11-7-5-8-12-23)24-13-9-6-10-14-24;1-5-13-23(14-6-1)27(24-15-7-2-8-16-24)21-22-28(25-17-9-3-10-18-25)26-19-11-4-12-20-26;1-5-13-22(14-6-1)26(23-15-7-2-8-16-23)21-27(24-17-9-3-10-18-24)25-19-11-4-12-20-25;;;;/h2*5-20H;1-20H,21-22H2;1-20H,21H2;;;;/q2*-2;;;4*+1/p+4. The summed E-state index contributed by atoms with van der Waals surface area (Å²) >= 11 is 0. The first-order chi connectivity index (χ1) is 55.9. The van der Waals surface area contributed by atoms with E-state index in [-0.39, 0.29) is 89.5 Å². The summed E-state index contributed by atoms with van der Waals surface area (Å²) in [6.07, 6.45) is 33.3. The topological polar surface area (TPSA) is 0 Å². The van der Waals surface area contributed by atoms with Gasteiger partial charge >= 0.3 is 89.5 Å². The summed E-state index contributed by atoms with van der Waals surface area (Å²) in [4.78, 5) is 0. The van der Waals surface area contributed by atoms with Crippen LogP contribution in [0.4, 0.5) is 0 Å². The second-order valence-corrected chi connectivity index (χ2v) is 38.9. The van der Waals surface area contributed by atoms with Crippen molar-refractivity contribution in [2.24, 2.45) is 0 Å². The van der Waals surface area contributed by atoms with Crippen molar-refractivity contribution in [2.45, 2.75) is 10.8 Å². The summed E-state index contributed by atoms with van der Waals surface area (Å²) in [5.41, 5.74) is 15.8. The van der Waals surface area contributed by atoms with E-state index in [1.807, 2.05) is 48.5 Å². The summed E-state index contributed by atoms with van der Waals surface area (Å²) in [5, 5.41) is 12.1. The maximum absolute atomic E-state index is 7.69. The molecule has 0 radical (unpaired) electrons. The van der Waals surface area contributed by atoms with Crippen molar-refractivity contribution in [3.8, 4) is 45.9 Å². The van der Waals surface area contributed by atoms with Gasteiger partial charge in [0.2, 0.25) is 0 Å². The number of hydrogen-bond acceptors (Lipinski definition) is 0. The van der Waals surface area contributed by atoms with Crippen molar-refractivity contribution in [2.75, 3.05) is 18.2 Å². The van der Waals surface area contributed by atoms with Gasteiger partial charge < -0.3 is 25.7 Å². The van der Waals surface area contributed by atoms with E-state index in [2.05, 4.69) is 412 Å². The summed E-state index contributed by atoms with van der Waals surface area (Å²) in [6, 6.07) is 155. The third kappa shape index (κ3) is 19.6. The van der Waals surface area contributed by atoms with Gasteiger partial charge in [-0.05, 0) is 164 Å². The van der Waals surface area contributed by atoms with E-state index in [0.29, 0.717) is 0 Å². The van der Waals surface area contributed by atoms with Crippen LogP contribution in [0.2, 0.25) is 0 Å². The fourth-order valence-electron chi connectivity index (χ4n) is 16.5. The summed E-state index contributed by atoms with van der Waals surface area (Å²) in [6.45, 7) is 0. The Bertz CT molecular complexity index is 5260. The molecule has 0 atom stereocenters. The minimum atomic E-state index is -0.847. The molecule has 2 aliphatic carbocycles. The largest absolute Gasteiger partial charge is 1.00 e. The van der Waals surface area contributed by atoms with Gasteiger partial charge in [-0.1, -0.05) is 291 Å². The first-order valence-electron chi connectivity index (χ1n) is 38.3. The van der Waals surface area contributed by atoms with Crippen LogP contribution in [-0.2, 0) is 100 Å². The van der Waals surface area contributed by atoms with E-state index in [9.17, 15) is 0 Å². The van der Waals surface area contributed by atoms with Crippen molar-refractivity contribution in [3.63, 3.8) is 0 Å². The number of benzene rings is 16. The number of hydrogen-bond donors (Lipinski definition) is 0. The molecule has 0 heterocycles. The fourth-order valence-corrected chi connectivity index (χ4v) is 30.4. The third-order valence-electron chi connectivity index (χ3n) is 21.6. The molecule has 18 rings (SSSR count). The van der Waals surface area contributed by atoms with Gasteiger partial charge in [0.15, 0.2) is 5.90 Å². The normalized spacial score (nSPS) is 11.7. The van der Waals surface area contributed by atoms with Crippen molar-refractivity contribution in [3.05, 3.63) is 529 Å². The Morgan fingerprint density at radius 3 is 0.504 bits per heavy atom. The van der Waals surface area contributed by atoms with Crippen molar-refractivity contribution < 1.29 is 89.5 Å². The van der Waals surface area contributed by atoms with E-state index in [0.717, 1.165) is 89.0 Å². The molecule has 0 saturated heterocycles. The van der Waals surface area contributed by atoms with Gasteiger partial charge in [-0.3, -0.25) is 23.7 Å². The number of fused-ring (bicyclic) bond motifs is 6. The Kier molecular flexibility index (Phi) is 32.6. The first-order valence-corrected chi connectivity index (χ1v) is 45.1. The van der Waals surface area contributed by atoms with Crippen LogP contribution in [0, 0.1) is 49.4 Å². The molecule has 0 nitrogen and oxygen atoms in total. The Morgan fingerprint density at radius 2 is 0.342 bits per heavy atom. The van der Waals surface area contributed by atoms with Gasteiger partial charge in [-0.2, -0.15) is 0 Å². The predicted molar refractivity (Wildman–Crippen MR) is 489 cm³/mol. The maximum atomic E-state index is 7.69. The Balaban J connectivity index is 0.000000152. The van der Waals surface area contributed by atoms with Gasteiger partial charge in [0.05, 0.1) is 47.9 Å². The van der Waals surface area contributed by atoms with Crippen LogP contribution in [0.25, 0.3) is 22.3 Å². The van der Waals surface area contributed by atoms with Crippen LogP contribution in [-0.4, -0.2) is 18.2 Å². The van der Waals surface area contributed by atoms with E-state index >= 15 is 0 Å². The van der Waals surface area contributed by atoms with Crippen molar-refractivity contribution in [1.82, 2.24) is 0 Å². The predicted octanol–water partition coefficient (Wildman–Crippen LogP) is 21.2.